The van der Waals surface area contributed by atoms with Crippen LogP contribution in [0.15, 0.2) is 12.7 Å². The van der Waals surface area contributed by atoms with Gasteiger partial charge in [0.2, 0.25) is 0 Å². The molecule has 1 aliphatic carbocycles. The maximum atomic E-state index is 5.49. The Morgan fingerprint density at radius 3 is 2.80 bits per heavy atom. The minimum atomic E-state index is 0.532. The van der Waals surface area contributed by atoms with Crippen molar-refractivity contribution >= 4 is 12.0 Å². The second-order valence-corrected chi connectivity index (χ2v) is 3.34. The lowest BCUT2D eigenvalue weighted by atomic mass is 10.3. The van der Waals surface area contributed by atoms with Gasteiger partial charge in [0, 0.05) is 5.75 Å². The van der Waals surface area contributed by atoms with Crippen LogP contribution in [0.3, 0.4) is 0 Å². The van der Waals surface area contributed by atoms with Crippen molar-refractivity contribution in [3.05, 3.63) is 12.7 Å². The Balaban J connectivity index is 1.96. The van der Waals surface area contributed by atoms with Crippen molar-refractivity contribution in [2.75, 3.05) is 5.75 Å². The molecule has 0 N–H and O–H groups in total. The van der Waals surface area contributed by atoms with Crippen molar-refractivity contribution in [3.63, 3.8) is 0 Å². The fourth-order valence-electron chi connectivity index (χ4n) is 1.17. The van der Waals surface area contributed by atoms with E-state index in [1.807, 2.05) is 6.08 Å². The third kappa shape index (κ3) is 2.76. The molecule has 0 unspecified atom stereocenters. The Hall–Kier alpha value is 0.0500. The van der Waals surface area contributed by atoms with Crippen LogP contribution in [0.4, 0.5) is 0 Å². The molecule has 0 saturated heterocycles. The lowest BCUT2D eigenvalue weighted by molar-refractivity contribution is 0.252. The highest BCUT2D eigenvalue weighted by Crippen LogP contribution is 2.24. The van der Waals surface area contributed by atoms with E-state index < -0.39 is 0 Å². The molecule has 0 aliphatic heterocycles. The van der Waals surface area contributed by atoms with Gasteiger partial charge in [-0.3, -0.25) is 0 Å². The summed E-state index contributed by atoms with van der Waals surface area (Å²) >= 11 is 1.53. The van der Waals surface area contributed by atoms with Crippen molar-refractivity contribution in [2.45, 2.75) is 31.8 Å². The van der Waals surface area contributed by atoms with Crippen LogP contribution in [0.2, 0.25) is 0 Å². The van der Waals surface area contributed by atoms with Crippen LogP contribution in [0.25, 0.3) is 0 Å². The summed E-state index contributed by atoms with van der Waals surface area (Å²) in [7, 11) is 0. The number of hydrogen-bond donors (Lipinski definition) is 0. The second kappa shape index (κ2) is 4.80. The minimum Gasteiger partial charge on any atom is -0.312 e. The summed E-state index contributed by atoms with van der Waals surface area (Å²) in [6.45, 7) is 3.62. The standard InChI is InChI=1S/C8H14OS/c1-2-7-10-9-8-5-3-4-6-8/h2,8H,1,3-7H2. The average Bonchev–Trinajstić information content (AvgIpc) is 2.41. The molecular weight excluding hydrogens is 144 g/mol. The van der Waals surface area contributed by atoms with E-state index in [1.165, 1.54) is 37.7 Å². The van der Waals surface area contributed by atoms with Gasteiger partial charge < -0.3 is 4.18 Å². The Labute approximate surface area is 67.0 Å². The van der Waals surface area contributed by atoms with Gasteiger partial charge in [0.15, 0.2) is 0 Å². The van der Waals surface area contributed by atoms with Gasteiger partial charge in [-0.1, -0.05) is 18.9 Å². The maximum absolute atomic E-state index is 5.49. The molecule has 1 nitrogen and oxygen atoms in total. The Morgan fingerprint density at radius 2 is 2.20 bits per heavy atom. The molecule has 0 aromatic carbocycles. The summed E-state index contributed by atoms with van der Waals surface area (Å²) in [6, 6.07) is 0. The first-order valence-electron chi connectivity index (χ1n) is 3.82. The van der Waals surface area contributed by atoms with Crippen LogP contribution in [0, 0.1) is 0 Å². The first-order chi connectivity index (χ1) is 4.93. The predicted molar refractivity (Wildman–Crippen MR) is 46.0 cm³/mol. The smallest absolute Gasteiger partial charge is 0.0722 e. The molecule has 1 aliphatic rings. The Kier molecular flexibility index (Phi) is 3.91. The summed E-state index contributed by atoms with van der Waals surface area (Å²) in [4.78, 5) is 0. The SMILES string of the molecule is C=CCSOC1CCCC1. The quantitative estimate of drug-likeness (QED) is 0.353. The van der Waals surface area contributed by atoms with E-state index >= 15 is 0 Å². The van der Waals surface area contributed by atoms with Crippen molar-refractivity contribution in [3.8, 4) is 0 Å². The van der Waals surface area contributed by atoms with Crippen LogP contribution in [0.5, 0.6) is 0 Å². The molecule has 0 amide bonds. The Morgan fingerprint density at radius 1 is 1.50 bits per heavy atom. The molecular formula is C8H14OS. The van der Waals surface area contributed by atoms with E-state index in [1.54, 1.807) is 0 Å². The van der Waals surface area contributed by atoms with Gasteiger partial charge in [0.25, 0.3) is 0 Å². The highest BCUT2D eigenvalue weighted by atomic mass is 32.2. The zero-order chi connectivity index (χ0) is 7.23. The lowest BCUT2D eigenvalue weighted by Gasteiger charge is -2.06. The minimum absolute atomic E-state index is 0.532. The molecule has 1 saturated carbocycles. The van der Waals surface area contributed by atoms with Crippen molar-refractivity contribution in [1.82, 2.24) is 0 Å². The van der Waals surface area contributed by atoms with Crippen LogP contribution < -0.4 is 0 Å². The van der Waals surface area contributed by atoms with E-state index in [-0.39, 0.29) is 0 Å². The number of rotatable bonds is 4. The van der Waals surface area contributed by atoms with Gasteiger partial charge in [-0.2, -0.15) is 0 Å². The van der Waals surface area contributed by atoms with Gasteiger partial charge in [-0.25, -0.2) is 0 Å². The zero-order valence-corrected chi connectivity index (χ0v) is 7.03. The molecule has 0 spiro atoms. The second-order valence-electron chi connectivity index (χ2n) is 2.58. The molecule has 1 rings (SSSR count). The lowest BCUT2D eigenvalue weighted by Crippen LogP contribution is -2.01. The van der Waals surface area contributed by atoms with Gasteiger partial charge in [0.05, 0.1) is 6.10 Å². The first kappa shape index (κ1) is 8.15. The van der Waals surface area contributed by atoms with Crippen molar-refractivity contribution in [2.24, 2.45) is 0 Å². The molecule has 0 aromatic heterocycles. The summed E-state index contributed by atoms with van der Waals surface area (Å²) in [5, 5.41) is 0. The maximum Gasteiger partial charge on any atom is 0.0722 e. The van der Waals surface area contributed by atoms with Crippen molar-refractivity contribution < 1.29 is 4.18 Å². The third-order valence-corrected chi connectivity index (χ3v) is 2.47. The molecule has 0 radical (unpaired) electrons. The van der Waals surface area contributed by atoms with Gasteiger partial charge in [-0.05, 0) is 24.9 Å². The molecule has 2 heteroatoms. The summed E-state index contributed by atoms with van der Waals surface area (Å²) in [5.41, 5.74) is 0. The fourth-order valence-corrected chi connectivity index (χ4v) is 1.73. The monoisotopic (exact) mass is 158 g/mol. The molecule has 1 fully saturated rings. The van der Waals surface area contributed by atoms with Crippen molar-refractivity contribution in [1.29, 1.82) is 0 Å². The molecule has 0 heterocycles. The topological polar surface area (TPSA) is 9.23 Å². The van der Waals surface area contributed by atoms with Crippen LogP contribution in [-0.4, -0.2) is 11.9 Å². The molecule has 10 heavy (non-hydrogen) atoms. The van der Waals surface area contributed by atoms with Gasteiger partial charge >= 0.3 is 0 Å². The van der Waals surface area contributed by atoms with Crippen LogP contribution in [0.1, 0.15) is 25.7 Å². The summed E-state index contributed by atoms with van der Waals surface area (Å²) < 4.78 is 5.49. The molecule has 58 valence electrons. The molecule has 0 bridgehead atoms. The van der Waals surface area contributed by atoms with Crippen LogP contribution >= 0.6 is 12.0 Å². The molecule has 0 atom stereocenters. The highest BCUT2D eigenvalue weighted by Gasteiger charge is 2.14. The first-order valence-corrected chi connectivity index (χ1v) is 4.73. The van der Waals surface area contributed by atoms with Gasteiger partial charge in [0.1, 0.15) is 0 Å². The highest BCUT2D eigenvalue weighted by molar-refractivity contribution is 7.94. The van der Waals surface area contributed by atoms with E-state index in [9.17, 15) is 0 Å². The largest absolute Gasteiger partial charge is 0.312 e. The summed E-state index contributed by atoms with van der Waals surface area (Å²) in [6.07, 6.45) is 7.61. The van der Waals surface area contributed by atoms with E-state index in [2.05, 4.69) is 6.58 Å². The van der Waals surface area contributed by atoms with Gasteiger partial charge in [-0.15, -0.1) is 6.58 Å². The Bertz CT molecular complexity index is 97.4. The number of hydrogen-bond acceptors (Lipinski definition) is 2. The average molecular weight is 158 g/mol. The zero-order valence-electron chi connectivity index (χ0n) is 6.21. The summed E-state index contributed by atoms with van der Waals surface area (Å²) in [5.74, 6) is 0.913. The van der Waals surface area contributed by atoms with E-state index in [0.29, 0.717) is 6.10 Å². The predicted octanol–water partition coefficient (Wildman–Crippen LogP) is 2.78. The van der Waals surface area contributed by atoms with E-state index in [4.69, 9.17) is 4.18 Å². The normalized spacial score (nSPS) is 19.6. The fraction of sp³-hybridized carbons (Fsp3) is 0.750. The van der Waals surface area contributed by atoms with Crippen LogP contribution in [-0.2, 0) is 4.18 Å². The van der Waals surface area contributed by atoms with E-state index in [0.717, 1.165) is 5.75 Å². The third-order valence-electron chi connectivity index (χ3n) is 1.69. The molecule has 0 aromatic rings.